The zero-order valence-electron chi connectivity index (χ0n) is 75.1. The molecule has 0 unspecified atom stereocenters. The third-order valence-electron chi connectivity index (χ3n) is 25.0. The molecule has 0 fully saturated rings. The van der Waals surface area contributed by atoms with Gasteiger partial charge in [-0.1, -0.05) is 207 Å². The number of H-pyrrole nitrogens is 9. The third-order valence-corrected chi connectivity index (χ3v) is 27.5. The third kappa shape index (κ3) is 17.7. The monoisotopic (exact) mass is 2170 g/mol. The second-order valence-corrected chi connectivity index (χ2v) is 38.5. The van der Waals surface area contributed by atoms with Gasteiger partial charge in [0.25, 0.3) is 11.4 Å². The number of para-hydroxylation sites is 1. The Morgan fingerprint density at radius 2 is 0.711 bits per heavy atom. The number of aryl methyl sites for hydroxylation is 2. The molecule has 0 radical (unpaired) electrons. The van der Waals surface area contributed by atoms with Crippen LogP contribution < -0.4 is 5.73 Å². The van der Waals surface area contributed by atoms with Gasteiger partial charge < -0.3 is 55.7 Å². The Bertz CT molecular complexity index is 9160. The van der Waals surface area contributed by atoms with Crippen LogP contribution in [0.15, 0.2) is 375 Å². The van der Waals surface area contributed by atoms with Crippen LogP contribution in [0.5, 0.6) is 5.75 Å². The molecule has 29 heteroatoms. The number of aromatic amines is 9. The summed E-state index contributed by atoms with van der Waals surface area (Å²) in [5.41, 5.74) is 34.8. The van der Waals surface area contributed by atoms with Gasteiger partial charge in [-0.15, -0.1) is 0 Å². The standard InChI is InChI=1S/C24H18BrN3.C23H14BrN5O4.C23H15BrN4.C22H15N5.C21H14Br2N2O/c1-15-6-5-9-17(12-15)23-22(16-7-3-2-4-8-16)27-24(28-23)20-14-26-21-11-10-18(25)13-19(20)21;24-15-5-10-20-18(11-15)19(12-25-20)23-26-21(13-1-6-16(7-2-13)28(30)31)22(27-23)14-3-8-17(9-4-14)29(32)33;24-12-5-8-20-17(9-12)19(11-26-20)23-27-21-16-4-2-1-3-14(16)15-7-6-13(25)10-18(15)22(21)28-23;1-12-17(13-6-2-3-9-16(13)25-12)22-26-20-14-7-4-10-23-18(14)19-15(21(20)27-22)8-5-11-24-19;22-16-7-1-13(2-8-16)19-20(14-3-9-17(23)10-4-14)25-21(24-19)15-5-11-18(26)12-6-15/h2-14,26H,1H3,(H,27,28);1-12,25H,(H,26,27);1-11,26H,25H2,(H,27,28);2-11,25H,1H3,(H,26,27);1-12,26H,(H,24,25). The lowest BCUT2D eigenvalue weighted by Gasteiger charge is -2.06. The normalized spacial score (nSPS) is 11.4. The minimum atomic E-state index is -0.458. The van der Waals surface area contributed by atoms with Crippen molar-refractivity contribution in [1.29, 1.82) is 0 Å². The van der Waals surface area contributed by atoms with Crippen LogP contribution in [0.2, 0.25) is 0 Å². The number of hydrogen-bond donors (Lipinski definition) is 11. The van der Waals surface area contributed by atoms with E-state index in [1.807, 2.05) is 140 Å². The lowest BCUT2D eigenvalue weighted by Crippen LogP contribution is -1.89. The number of nitrogens with one attached hydrogen (secondary N) is 9. The van der Waals surface area contributed by atoms with Crippen molar-refractivity contribution in [2.24, 2.45) is 0 Å². The van der Waals surface area contributed by atoms with E-state index in [9.17, 15) is 25.3 Å². The van der Waals surface area contributed by atoms with Crippen LogP contribution in [-0.2, 0) is 0 Å². The second-order valence-electron chi connectivity index (χ2n) is 33.9. The highest BCUT2D eigenvalue weighted by Crippen LogP contribution is 2.45. The summed E-state index contributed by atoms with van der Waals surface area (Å²) in [4.78, 5) is 86.0. The summed E-state index contributed by atoms with van der Waals surface area (Å²) in [7, 11) is 0. The van der Waals surface area contributed by atoms with E-state index >= 15 is 0 Å². The van der Waals surface area contributed by atoms with Crippen LogP contribution >= 0.6 is 79.6 Å². The molecule has 0 aliphatic rings. The maximum Gasteiger partial charge on any atom is 0.269 e. The summed E-state index contributed by atoms with van der Waals surface area (Å²) >= 11 is 17.6. The molecule has 15 aromatic carbocycles. The topological polar surface area (TPSA) is 365 Å². The highest BCUT2D eigenvalue weighted by molar-refractivity contribution is 9.11. The number of fused-ring (bicyclic) bond motifs is 16. The lowest BCUT2D eigenvalue weighted by molar-refractivity contribution is -0.385. The summed E-state index contributed by atoms with van der Waals surface area (Å²) < 4.78 is 5.08. The average Bonchev–Trinajstić information content (AvgIpc) is 1.58. The maximum absolute atomic E-state index is 11.1. The van der Waals surface area contributed by atoms with Crippen LogP contribution in [0.3, 0.4) is 0 Å². The van der Waals surface area contributed by atoms with Crippen molar-refractivity contribution >= 4 is 206 Å². The Morgan fingerprint density at radius 1 is 0.303 bits per heavy atom. The number of non-ortho nitro benzene ring substituents is 2. The van der Waals surface area contributed by atoms with E-state index in [0.717, 1.165) is 228 Å². The number of aromatic nitrogens is 16. The number of phenolic OH excluding ortho intramolecular Hbond substituents is 1. The number of imidazole rings is 5. The number of nitro benzene ring substituents is 2. The van der Waals surface area contributed by atoms with Gasteiger partial charge in [-0.05, 0) is 201 Å². The van der Waals surface area contributed by atoms with Crippen molar-refractivity contribution in [3.63, 3.8) is 0 Å². The number of anilines is 1. The fourth-order valence-corrected chi connectivity index (χ4v) is 19.8. The number of benzene rings is 15. The smallest absolute Gasteiger partial charge is 0.269 e. The summed E-state index contributed by atoms with van der Waals surface area (Å²) in [5, 5.41) is 42.7. The number of nitro groups is 2. The van der Waals surface area contributed by atoms with E-state index in [-0.39, 0.29) is 17.1 Å². The first kappa shape index (κ1) is 90.3. The van der Waals surface area contributed by atoms with Gasteiger partial charge in [0.1, 0.15) is 34.9 Å². The lowest BCUT2D eigenvalue weighted by atomic mass is 9.99. The highest BCUT2D eigenvalue weighted by atomic mass is 79.9. The van der Waals surface area contributed by atoms with Crippen molar-refractivity contribution in [2.75, 3.05) is 5.73 Å². The summed E-state index contributed by atoms with van der Waals surface area (Å²) in [6.45, 7) is 4.19. The van der Waals surface area contributed by atoms with E-state index in [1.165, 1.54) is 40.6 Å². The number of nitrogens with zero attached hydrogens (tertiary/aromatic N) is 9. The van der Waals surface area contributed by atoms with Crippen LogP contribution in [0, 0.1) is 34.1 Å². The number of hydrogen-bond acceptors (Lipinski definition) is 13. The molecule has 26 rings (SSSR count). The van der Waals surface area contributed by atoms with E-state index in [4.69, 9.17) is 30.7 Å². The van der Waals surface area contributed by atoms with E-state index in [0.29, 0.717) is 28.3 Å². The number of phenols is 1. The van der Waals surface area contributed by atoms with E-state index in [1.54, 1.807) is 42.6 Å². The fraction of sp³-hybridized carbons (Fsp3) is 0.0177. The van der Waals surface area contributed by atoms with Crippen LogP contribution in [0.4, 0.5) is 17.1 Å². The van der Waals surface area contributed by atoms with E-state index < -0.39 is 9.85 Å². The summed E-state index contributed by atoms with van der Waals surface area (Å²) in [5.74, 6) is 4.17. The number of aromatic hydroxyl groups is 1. The molecule has 688 valence electrons. The highest BCUT2D eigenvalue weighted by Gasteiger charge is 2.26. The van der Waals surface area contributed by atoms with Gasteiger partial charge in [0.2, 0.25) is 0 Å². The molecule has 0 aliphatic carbocycles. The van der Waals surface area contributed by atoms with Gasteiger partial charge in [-0.3, -0.25) is 30.2 Å². The van der Waals surface area contributed by atoms with Crippen molar-refractivity contribution < 1.29 is 15.0 Å². The maximum atomic E-state index is 11.1. The first-order valence-electron chi connectivity index (χ1n) is 44.9. The Hall–Kier alpha value is -16.8. The molecule has 0 atom stereocenters. The van der Waals surface area contributed by atoms with Crippen molar-refractivity contribution in [2.45, 2.75) is 13.8 Å². The predicted molar refractivity (Wildman–Crippen MR) is 588 cm³/mol. The number of halogens is 5. The first-order chi connectivity index (χ1) is 69.2. The Morgan fingerprint density at radius 3 is 1.27 bits per heavy atom. The molecule has 0 saturated heterocycles. The Labute approximate surface area is 849 Å². The van der Waals surface area contributed by atoms with Gasteiger partial charge >= 0.3 is 0 Å². The van der Waals surface area contributed by atoms with Crippen molar-refractivity contribution in [3.8, 4) is 130 Å². The second kappa shape index (κ2) is 38.2. The fourth-order valence-electron chi connectivity index (χ4n) is 18.2. The van der Waals surface area contributed by atoms with Crippen molar-refractivity contribution in [1.82, 2.24) is 79.7 Å². The largest absolute Gasteiger partial charge is 0.508 e. The number of rotatable bonds is 13. The minimum Gasteiger partial charge on any atom is -0.508 e. The average molecular weight is 2180 g/mol. The molecule has 0 amide bonds. The van der Waals surface area contributed by atoms with Crippen molar-refractivity contribution in [3.05, 3.63) is 406 Å². The summed E-state index contributed by atoms with van der Waals surface area (Å²) in [6, 6.07) is 104. The molecule has 11 heterocycles. The van der Waals surface area contributed by atoms with Gasteiger partial charge in [0, 0.05) is 215 Å². The van der Waals surface area contributed by atoms with Gasteiger partial charge in [0.15, 0.2) is 0 Å². The quantitative estimate of drug-likeness (QED) is 0.0222. The van der Waals surface area contributed by atoms with E-state index in [2.05, 4.69) is 294 Å². The van der Waals surface area contributed by atoms with Gasteiger partial charge in [0.05, 0.1) is 77.1 Å². The molecular weight excluding hydrogens is 2100 g/mol. The number of nitrogens with two attached hydrogens (primary N) is 1. The number of pyridine rings is 2. The van der Waals surface area contributed by atoms with Crippen LogP contribution in [-0.4, -0.2) is 94.7 Å². The molecule has 26 aromatic rings. The van der Waals surface area contributed by atoms with Crippen LogP contribution in [0.1, 0.15) is 11.3 Å². The Kier molecular flexibility index (Phi) is 24.3. The molecule has 11 aromatic heterocycles. The molecular formula is C113H76Br5N19O5. The van der Waals surface area contributed by atoms with Crippen LogP contribution in [0.25, 0.3) is 234 Å². The number of nitrogen functional groups attached to an aromatic ring is 1. The zero-order valence-corrected chi connectivity index (χ0v) is 83.0. The molecule has 12 N–H and O–H groups in total. The predicted octanol–water partition coefficient (Wildman–Crippen LogP) is 31.6. The molecule has 142 heavy (non-hydrogen) atoms. The Balaban J connectivity index is 0.000000102. The SMILES string of the molecule is Cc1[nH]c2ccccc2c1-c1nc2c3cccnc3c3ncccc3c2[nH]1.Cc1cccc(-c2nc(-c3c[nH]c4ccc(Br)cc34)[nH]c2-c2ccccc2)c1.Nc1ccc2c3ccccc3c3[nH]c(-c4c[nH]c5ccc(Br)cc45)nc3c2c1.O=[N+]([O-])c1ccc(-c2nc(-c3c[nH]c4ccc(Br)cc34)[nH]c2-c2ccc([N+](=O)[O-])cc2)cc1.Oc1ccc(-c2nc(-c3ccc(Br)cc3)c(-c3ccc(Br)cc3)[nH]2)cc1. The molecule has 24 nitrogen and oxygen atoms in total. The first-order valence-corrected chi connectivity index (χ1v) is 48.9. The molecule has 0 aliphatic heterocycles. The summed E-state index contributed by atoms with van der Waals surface area (Å²) in [6.07, 6.45) is 9.50. The van der Waals surface area contributed by atoms with Gasteiger partial charge in [-0.2, -0.15) is 0 Å². The molecule has 0 bridgehead atoms. The van der Waals surface area contributed by atoms with Gasteiger partial charge in [-0.25, -0.2) is 24.9 Å². The molecule has 0 saturated carbocycles. The minimum absolute atomic E-state index is 0.0168. The zero-order chi connectivity index (χ0) is 97.1. The molecule has 0 spiro atoms.